The van der Waals surface area contributed by atoms with Crippen LogP contribution in [0, 0.1) is 0 Å². The first-order valence-corrected chi connectivity index (χ1v) is 10.8. The summed E-state index contributed by atoms with van der Waals surface area (Å²) in [6, 6.07) is 7.39. The Labute approximate surface area is 199 Å². The molecular weight excluding hydrogens is 457 g/mol. The Morgan fingerprint density at radius 3 is 2.74 bits per heavy atom. The largest absolute Gasteiger partial charge is 0.488 e. The summed E-state index contributed by atoms with van der Waals surface area (Å²) in [5, 5.41) is -1.54. The summed E-state index contributed by atoms with van der Waals surface area (Å²) in [6.07, 6.45) is -1.37. The van der Waals surface area contributed by atoms with Crippen molar-refractivity contribution in [3.05, 3.63) is 65.6 Å². The van der Waals surface area contributed by atoms with E-state index in [1.807, 2.05) is 0 Å². The van der Waals surface area contributed by atoms with Crippen LogP contribution in [0.2, 0.25) is 0 Å². The maximum absolute atomic E-state index is 13.8. The van der Waals surface area contributed by atoms with Gasteiger partial charge in [-0.25, -0.2) is 9.97 Å². The third-order valence-electron chi connectivity index (χ3n) is 6.69. The molecular formula is C23H16B2F3N5O2. The number of likely N-dealkylation sites (tertiary alicyclic amines) is 1. The van der Waals surface area contributed by atoms with E-state index < -0.39 is 35.1 Å². The SMILES string of the molecule is [B]C1([B])CCC2Oc3cc(C(F)(F)F)ccc3C2N1C(=O)c1ccc2nc(N)c3cncn3c2c1. The molecule has 2 aliphatic heterocycles. The molecule has 4 radical (unpaired) electrons. The molecule has 7 nitrogen and oxygen atoms in total. The predicted octanol–water partition coefficient (Wildman–Crippen LogP) is 3.21. The summed E-state index contributed by atoms with van der Waals surface area (Å²) in [6.45, 7) is 0. The van der Waals surface area contributed by atoms with Gasteiger partial charge in [-0.1, -0.05) is 6.07 Å². The molecule has 1 amide bonds. The minimum absolute atomic E-state index is 0.0728. The van der Waals surface area contributed by atoms with Crippen molar-refractivity contribution in [1.29, 1.82) is 0 Å². The summed E-state index contributed by atoms with van der Waals surface area (Å²) in [7, 11) is 12.8. The molecule has 0 saturated carbocycles. The number of hydrogen-bond acceptors (Lipinski definition) is 5. The lowest BCUT2D eigenvalue weighted by molar-refractivity contribution is -0.137. The average Bonchev–Trinajstić information content (AvgIpc) is 3.43. The highest BCUT2D eigenvalue weighted by atomic mass is 19.4. The van der Waals surface area contributed by atoms with Crippen molar-refractivity contribution in [3.8, 4) is 5.75 Å². The number of carbonyl (C=O) groups excluding carboxylic acids is 1. The first kappa shape index (κ1) is 21.8. The number of nitrogens with zero attached hydrogens (tertiary/aromatic N) is 4. The van der Waals surface area contributed by atoms with E-state index in [2.05, 4.69) is 9.97 Å². The number of anilines is 1. The monoisotopic (exact) mass is 473 g/mol. The molecule has 2 unspecified atom stereocenters. The van der Waals surface area contributed by atoms with Gasteiger partial charge in [-0.3, -0.25) is 9.20 Å². The molecule has 0 aliphatic carbocycles. The van der Waals surface area contributed by atoms with Crippen molar-refractivity contribution < 1.29 is 22.7 Å². The van der Waals surface area contributed by atoms with E-state index in [0.717, 1.165) is 12.1 Å². The second kappa shape index (κ2) is 7.16. The van der Waals surface area contributed by atoms with Crippen LogP contribution in [0.1, 0.15) is 40.4 Å². The van der Waals surface area contributed by atoms with Crippen LogP contribution in [0.4, 0.5) is 19.0 Å². The Morgan fingerprint density at radius 1 is 1.17 bits per heavy atom. The molecule has 4 aromatic rings. The highest BCUT2D eigenvalue weighted by Gasteiger charge is 2.50. The fourth-order valence-electron chi connectivity index (χ4n) is 5.02. The fraction of sp³-hybridized carbons (Fsp3) is 0.261. The number of nitrogens with two attached hydrogens (primary N) is 1. The highest BCUT2D eigenvalue weighted by molar-refractivity contribution is 6.41. The van der Waals surface area contributed by atoms with Crippen LogP contribution in [-0.2, 0) is 6.18 Å². The van der Waals surface area contributed by atoms with Gasteiger partial charge in [0.15, 0.2) is 0 Å². The first-order valence-electron chi connectivity index (χ1n) is 10.8. The van der Waals surface area contributed by atoms with Gasteiger partial charge in [0.05, 0.1) is 50.9 Å². The van der Waals surface area contributed by atoms with Crippen molar-refractivity contribution in [3.63, 3.8) is 0 Å². The Morgan fingerprint density at radius 2 is 1.97 bits per heavy atom. The minimum Gasteiger partial charge on any atom is -0.488 e. The maximum Gasteiger partial charge on any atom is 0.416 e. The number of ether oxygens (including phenoxy) is 1. The Balaban J connectivity index is 1.45. The number of imidazole rings is 1. The lowest BCUT2D eigenvalue weighted by Crippen LogP contribution is -2.60. The van der Waals surface area contributed by atoms with Crippen molar-refractivity contribution in [2.24, 2.45) is 0 Å². The third-order valence-corrected chi connectivity index (χ3v) is 6.69. The van der Waals surface area contributed by atoms with E-state index in [9.17, 15) is 18.0 Å². The maximum atomic E-state index is 13.8. The zero-order valence-corrected chi connectivity index (χ0v) is 18.2. The van der Waals surface area contributed by atoms with E-state index in [0.29, 0.717) is 34.4 Å². The molecule has 2 aromatic carbocycles. The second-order valence-electron chi connectivity index (χ2n) is 8.91. The molecule has 2 atom stereocenters. The Bertz CT molecular complexity index is 1520. The molecule has 0 spiro atoms. The van der Waals surface area contributed by atoms with Crippen molar-refractivity contribution in [2.75, 3.05) is 5.73 Å². The van der Waals surface area contributed by atoms with E-state index in [1.54, 1.807) is 35.1 Å². The van der Waals surface area contributed by atoms with Gasteiger partial charge < -0.3 is 15.4 Å². The number of fused-ring (bicyclic) bond motifs is 6. The zero-order chi connectivity index (χ0) is 24.7. The number of aromatic nitrogens is 3. The molecule has 12 heteroatoms. The molecule has 2 aromatic heterocycles. The first-order chi connectivity index (χ1) is 16.5. The van der Waals surface area contributed by atoms with Crippen LogP contribution < -0.4 is 10.5 Å². The minimum atomic E-state index is -4.52. The van der Waals surface area contributed by atoms with Crippen molar-refractivity contribution in [2.45, 2.75) is 36.5 Å². The van der Waals surface area contributed by atoms with Gasteiger partial charge in [0, 0.05) is 11.1 Å². The van der Waals surface area contributed by atoms with Crippen LogP contribution in [0.15, 0.2) is 48.9 Å². The van der Waals surface area contributed by atoms with Crippen LogP contribution in [0.5, 0.6) is 5.75 Å². The Kier molecular flexibility index (Phi) is 4.46. The number of rotatable bonds is 1. The lowest BCUT2D eigenvalue weighted by atomic mass is 9.55. The average molecular weight is 473 g/mol. The third kappa shape index (κ3) is 3.26. The quantitative estimate of drug-likeness (QED) is 0.430. The summed E-state index contributed by atoms with van der Waals surface area (Å²) in [4.78, 5) is 23.6. The number of amides is 1. The van der Waals surface area contributed by atoms with E-state index in [1.165, 1.54) is 11.0 Å². The molecule has 1 saturated heterocycles. The predicted molar refractivity (Wildman–Crippen MR) is 123 cm³/mol. The van der Waals surface area contributed by atoms with E-state index >= 15 is 0 Å². The topological polar surface area (TPSA) is 85.8 Å². The van der Waals surface area contributed by atoms with E-state index in [4.69, 9.17) is 26.2 Å². The number of hydrogen-bond donors (Lipinski definition) is 1. The van der Waals surface area contributed by atoms with Crippen molar-refractivity contribution >= 4 is 44.0 Å². The summed E-state index contributed by atoms with van der Waals surface area (Å²) < 4.78 is 47.3. The van der Waals surface area contributed by atoms with Crippen LogP contribution in [0.3, 0.4) is 0 Å². The molecule has 2 aliphatic rings. The lowest BCUT2D eigenvalue weighted by Gasteiger charge is -2.49. The van der Waals surface area contributed by atoms with E-state index in [-0.39, 0.29) is 17.7 Å². The number of benzene rings is 2. The van der Waals surface area contributed by atoms with Crippen LogP contribution in [0.25, 0.3) is 16.6 Å². The van der Waals surface area contributed by atoms with Crippen LogP contribution in [-0.4, -0.2) is 52.3 Å². The van der Waals surface area contributed by atoms with Crippen LogP contribution >= 0.6 is 0 Å². The van der Waals surface area contributed by atoms with Gasteiger partial charge in [-0.2, -0.15) is 13.2 Å². The molecule has 4 heterocycles. The molecule has 1 fully saturated rings. The zero-order valence-electron chi connectivity index (χ0n) is 18.2. The van der Waals surface area contributed by atoms with Gasteiger partial charge in [-0.15, -0.1) is 0 Å². The number of nitrogen functional groups attached to an aromatic ring is 1. The molecule has 172 valence electrons. The van der Waals surface area contributed by atoms with Gasteiger partial charge >= 0.3 is 6.18 Å². The highest BCUT2D eigenvalue weighted by Crippen LogP contribution is 2.49. The van der Waals surface area contributed by atoms with Gasteiger partial charge in [0.25, 0.3) is 5.91 Å². The summed E-state index contributed by atoms with van der Waals surface area (Å²) in [5.41, 5.74) is 7.62. The molecule has 2 N–H and O–H groups in total. The smallest absolute Gasteiger partial charge is 0.416 e. The molecule has 0 bridgehead atoms. The number of alkyl halides is 3. The fourth-order valence-corrected chi connectivity index (χ4v) is 5.02. The summed E-state index contributed by atoms with van der Waals surface area (Å²) in [5.74, 6) is -0.106. The molecule has 35 heavy (non-hydrogen) atoms. The molecule has 6 rings (SSSR count). The van der Waals surface area contributed by atoms with Gasteiger partial charge in [-0.05, 0) is 48.5 Å². The number of carbonyl (C=O) groups is 1. The Hall–Kier alpha value is -3.69. The number of piperidine rings is 1. The number of halogens is 3. The van der Waals surface area contributed by atoms with Gasteiger partial charge in [0.2, 0.25) is 0 Å². The van der Waals surface area contributed by atoms with Crippen molar-refractivity contribution in [1.82, 2.24) is 19.3 Å². The normalized spacial score (nSPS) is 21.1. The van der Waals surface area contributed by atoms with Gasteiger partial charge in [0.1, 0.15) is 23.2 Å². The second-order valence-corrected chi connectivity index (χ2v) is 8.91. The summed E-state index contributed by atoms with van der Waals surface area (Å²) >= 11 is 0. The standard InChI is InChI=1S/C23H16B2F3N5O2/c24-22(25)6-5-17-19(13-3-2-12(23(26,27)28)8-18(13)35-17)33(22)21(34)11-1-4-14-15(7-11)32-10-30-9-16(32)20(29)31-14/h1-4,7-10,17,19H,5-6H2,(H2,29,31).